The van der Waals surface area contributed by atoms with E-state index in [-0.39, 0.29) is 16.2 Å². The van der Waals surface area contributed by atoms with Gasteiger partial charge in [-0.05, 0) is 30.3 Å². The molecule has 118 valence electrons. The number of hydrogen-bond acceptors (Lipinski definition) is 5. The van der Waals surface area contributed by atoms with E-state index in [1.165, 1.54) is 25.6 Å². The van der Waals surface area contributed by atoms with Crippen molar-refractivity contribution in [2.24, 2.45) is 0 Å². The molecular weight excluding hydrogens is 320 g/mol. The molecule has 1 heterocycles. The number of imidazole rings is 1. The first-order valence-electron chi connectivity index (χ1n) is 6.54. The van der Waals surface area contributed by atoms with Gasteiger partial charge in [0.05, 0.1) is 23.0 Å². The Balaban J connectivity index is 2.21. The number of carboxylic acids is 1. The van der Waals surface area contributed by atoms with Crippen LogP contribution in [-0.2, 0) is 10.0 Å². The summed E-state index contributed by atoms with van der Waals surface area (Å²) < 4.78 is 31.5. The summed E-state index contributed by atoms with van der Waals surface area (Å²) in [7, 11) is -2.65. The number of carboxylic acid groups (broad SMARTS) is 1. The predicted octanol–water partition coefficient (Wildman–Crippen LogP) is 1.98. The van der Waals surface area contributed by atoms with Gasteiger partial charge in [-0.1, -0.05) is 12.1 Å². The molecule has 23 heavy (non-hydrogen) atoms. The highest BCUT2D eigenvalue weighted by atomic mass is 32.2. The van der Waals surface area contributed by atoms with Crippen molar-refractivity contribution in [3.05, 3.63) is 54.4 Å². The number of rotatable bonds is 4. The molecule has 0 radical (unpaired) electrons. The van der Waals surface area contributed by atoms with Gasteiger partial charge in [0.1, 0.15) is 17.6 Å². The zero-order chi connectivity index (χ0) is 16.6. The van der Waals surface area contributed by atoms with Gasteiger partial charge in [-0.3, -0.25) is 0 Å². The van der Waals surface area contributed by atoms with E-state index in [0.717, 1.165) is 10.0 Å². The van der Waals surface area contributed by atoms with Crippen molar-refractivity contribution in [2.45, 2.75) is 4.90 Å². The number of ether oxygens (including phenoxy) is 1. The van der Waals surface area contributed by atoms with Gasteiger partial charge in [0.25, 0.3) is 10.0 Å². The van der Waals surface area contributed by atoms with Crippen molar-refractivity contribution in [3.8, 4) is 5.75 Å². The van der Waals surface area contributed by atoms with Gasteiger partial charge in [-0.2, -0.15) is 0 Å². The van der Waals surface area contributed by atoms with Gasteiger partial charge in [-0.25, -0.2) is 22.2 Å². The first kappa shape index (κ1) is 15.0. The van der Waals surface area contributed by atoms with Crippen LogP contribution in [0.15, 0.2) is 53.7 Å². The summed E-state index contributed by atoms with van der Waals surface area (Å²) in [6, 6.07) is 10.5. The lowest BCUT2D eigenvalue weighted by Crippen LogP contribution is -2.13. The van der Waals surface area contributed by atoms with Gasteiger partial charge in [-0.15, -0.1) is 0 Å². The highest BCUT2D eigenvalue weighted by molar-refractivity contribution is 7.90. The van der Waals surface area contributed by atoms with Gasteiger partial charge >= 0.3 is 5.97 Å². The van der Waals surface area contributed by atoms with Crippen molar-refractivity contribution >= 4 is 27.0 Å². The second-order valence-corrected chi connectivity index (χ2v) is 6.52. The fourth-order valence-corrected chi connectivity index (χ4v) is 3.57. The molecule has 8 heteroatoms. The fourth-order valence-electron chi connectivity index (χ4n) is 2.26. The standard InChI is InChI=1S/C15H12N2O5S/c1-22-14-7-6-10(8-11(14)15(18)19)23(20,21)17-9-16-12-4-2-3-5-13(12)17/h2-9H,1H3,(H,18,19). The molecule has 2 aromatic carbocycles. The van der Waals surface area contributed by atoms with Crippen molar-refractivity contribution in [2.75, 3.05) is 7.11 Å². The number of hydrogen-bond donors (Lipinski definition) is 1. The molecule has 0 bridgehead atoms. The monoisotopic (exact) mass is 332 g/mol. The van der Waals surface area contributed by atoms with Crippen LogP contribution in [0.2, 0.25) is 0 Å². The molecular formula is C15H12N2O5S. The minimum absolute atomic E-state index is 0.0898. The molecule has 0 atom stereocenters. The third-order valence-electron chi connectivity index (χ3n) is 3.38. The van der Waals surface area contributed by atoms with Crippen molar-refractivity contribution in [1.29, 1.82) is 0 Å². The van der Waals surface area contributed by atoms with Crippen LogP contribution in [0.4, 0.5) is 0 Å². The molecule has 3 aromatic rings. The second kappa shape index (κ2) is 5.40. The molecule has 3 rings (SSSR count). The van der Waals surface area contributed by atoms with E-state index in [4.69, 9.17) is 4.74 Å². The smallest absolute Gasteiger partial charge is 0.339 e. The molecule has 0 fully saturated rings. The van der Waals surface area contributed by atoms with Crippen LogP contribution in [0.5, 0.6) is 5.75 Å². The summed E-state index contributed by atoms with van der Waals surface area (Å²) >= 11 is 0. The highest BCUT2D eigenvalue weighted by Gasteiger charge is 2.22. The average Bonchev–Trinajstić information content (AvgIpc) is 2.98. The lowest BCUT2D eigenvalue weighted by molar-refractivity contribution is 0.0693. The number of benzene rings is 2. The minimum Gasteiger partial charge on any atom is -0.496 e. The molecule has 1 N–H and O–H groups in total. The van der Waals surface area contributed by atoms with Crippen LogP contribution in [-0.4, -0.2) is 35.6 Å². The first-order chi connectivity index (χ1) is 10.9. The predicted molar refractivity (Wildman–Crippen MR) is 82.3 cm³/mol. The maximum absolute atomic E-state index is 12.8. The summed E-state index contributed by atoms with van der Waals surface area (Å²) in [5.74, 6) is -1.18. The summed E-state index contributed by atoms with van der Waals surface area (Å²) in [6.07, 6.45) is 1.20. The Kier molecular flexibility index (Phi) is 3.53. The number of aromatic carboxylic acids is 1. The van der Waals surface area contributed by atoms with Crippen LogP contribution in [0.1, 0.15) is 10.4 Å². The number of carbonyl (C=O) groups is 1. The molecule has 0 spiro atoms. The van der Waals surface area contributed by atoms with E-state index >= 15 is 0 Å². The van der Waals surface area contributed by atoms with Gasteiger partial charge < -0.3 is 9.84 Å². The second-order valence-electron chi connectivity index (χ2n) is 4.70. The van der Waals surface area contributed by atoms with Gasteiger partial charge in [0, 0.05) is 0 Å². The third kappa shape index (κ3) is 2.42. The fraction of sp³-hybridized carbons (Fsp3) is 0.0667. The Morgan fingerprint density at radius 1 is 1.22 bits per heavy atom. The van der Waals surface area contributed by atoms with Gasteiger partial charge in [0.2, 0.25) is 0 Å². The molecule has 0 amide bonds. The van der Waals surface area contributed by atoms with E-state index in [0.29, 0.717) is 11.0 Å². The molecule has 0 aliphatic rings. The number of fused-ring (bicyclic) bond motifs is 1. The normalized spacial score (nSPS) is 11.5. The summed E-state index contributed by atoms with van der Waals surface area (Å²) in [5.41, 5.74) is 0.723. The third-order valence-corrected chi connectivity index (χ3v) is 5.04. The van der Waals surface area contributed by atoms with Crippen LogP contribution in [0.25, 0.3) is 11.0 Å². The Labute approximate surface area is 131 Å². The van der Waals surface area contributed by atoms with Gasteiger partial charge in [0.15, 0.2) is 0 Å². The molecule has 7 nitrogen and oxygen atoms in total. The summed E-state index contributed by atoms with van der Waals surface area (Å²) in [4.78, 5) is 15.2. The molecule has 0 saturated carbocycles. The van der Waals surface area contributed by atoms with Crippen LogP contribution in [0.3, 0.4) is 0 Å². The summed E-state index contributed by atoms with van der Waals surface area (Å²) in [5, 5.41) is 9.20. The summed E-state index contributed by atoms with van der Waals surface area (Å²) in [6.45, 7) is 0. The number of aromatic nitrogens is 2. The zero-order valence-electron chi connectivity index (χ0n) is 12.0. The van der Waals surface area contributed by atoms with Crippen molar-refractivity contribution in [1.82, 2.24) is 8.96 Å². The molecule has 0 saturated heterocycles. The van der Waals surface area contributed by atoms with E-state index in [1.807, 2.05) is 0 Å². The minimum atomic E-state index is -3.97. The number of nitrogens with zero attached hydrogens (tertiary/aromatic N) is 2. The first-order valence-corrected chi connectivity index (χ1v) is 7.98. The Morgan fingerprint density at radius 3 is 2.65 bits per heavy atom. The SMILES string of the molecule is COc1ccc(S(=O)(=O)n2cnc3ccccc32)cc1C(=O)O. The van der Waals surface area contributed by atoms with E-state index in [1.54, 1.807) is 24.3 Å². The van der Waals surface area contributed by atoms with Crippen molar-refractivity contribution in [3.63, 3.8) is 0 Å². The lowest BCUT2D eigenvalue weighted by Gasteiger charge is -2.10. The number of para-hydroxylation sites is 2. The number of methoxy groups -OCH3 is 1. The quantitative estimate of drug-likeness (QED) is 0.784. The van der Waals surface area contributed by atoms with Crippen LogP contribution in [0, 0.1) is 0 Å². The average molecular weight is 332 g/mol. The van der Waals surface area contributed by atoms with Crippen LogP contribution < -0.4 is 4.74 Å². The molecule has 0 unspecified atom stereocenters. The Morgan fingerprint density at radius 2 is 1.96 bits per heavy atom. The highest BCUT2D eigenvalue weighted by Crippen LogP contribution is 2.25. The van der Waals surface area contributed by atoms with Crippen molar-refractivity contribution < 1.29 is 23.1 Å². The Bertz CT molecular complexity index is 1010. The zero-order valence-corrected chi connectivity index (χ0v) is 12.8. The topological polar surface area (TPSA) is 98.5 Å². The lowest BCUT2D eigenvalue weighted by atomic mass is 10.2. The maximum atomic E-state index is 12.8. The largest absolute Gasteiger partial charge is 0.496 e. The van der Waals surface area contributed by atoms with E-state index in [2.05, 4.69) is 4.98 Å². The Hall–Kier alpha value is -2.87. The van der Waals surface area contributed by atoms with E-state index < -0.39 is 16.0 Å². The van der Waals surface area contributed by atoms with Crippen LogP contribution >= 0.6 is 0 Å². The van der Waals surface area contributed by atoms with E-state index in [9.17, 15) is 18.3 Å². The molecule has 1 aromatic heterocycles. The molecule has 0 aliphatic carbocycles. The molecule has 0 aliphatic heterocycles. The maximum Gasteiger partial charge on any atom is 0.339 e.